The quantitative estimate of drug-likeness (QED) is 0.864. The van der Waals surface area contributed by atoms with Crippen molar-refractivity contribution in [3.63, 3.8) is 0 Å². The smallest absolute Gasteiger partial charge is 0.408 e. The number of benzene rings is 1. The van der Waals surface area contributed by atoms with Gasteiger partial charge in [-0.05, 0) is 30.9 Å². The molecule has 0 radical (unpaired) electrons. The second-order valence-corrected chi connectivity index (χ2v) is 4.88. The monoisotopic (exact) mass is 269 g/mol. The zero-order valence-corrected chi connectivity index (χ0v) is 10.7. The number of aliphatic hydroxyl groups excluding tert-OH is 1. The number of amides is 1. The summed E-state index contributed by atoms with van der Waals surface area (Å²) < 4.78 is 0. The molecule has 2 rings (SSSR count). The van der Waals surface area contributed by atoms with Crippen LogP contribution in [0.4, 0.5) is 4.79 Å². The van der Waals surface area contributed by atoms with E-state index in [2.05, 4.69) is 0 Å². The van der Waals surface area contributed by atoms with Crippen LogP contribution in [0.15, 0.2) is 24.3 Å². The van der Waals surface area contributed by atoms with Crippen molar-refractivity contribution in [2.45, 2.75) is 31.3 Å². The molecule has 1 saturated carbocycles. The second-order valence-electron chi connectivity index (χ2n) is 4.47. The van der Waals surface area contributed by atoms with Gasteiger partial charge in [0, 0.05) is 17.7 Å². The minimum absolute atomic E-state index is 0.0631. The summed E-state index contributed by atoms with van der Waals surface area (Å²) in [5.41, 5.74) is 0.766. The molecule has 1 aromatic carbocycles. The van der Waals surface area contributed by atoms with E-state index in [1.807, 2.05) is 18.2 Å². The van der Waals surface area contributed by atoms with Gasteiger partial charge in [-0.15, -0.1) is 0 Å². The van der Waals surface area contributed by atoms with Crippen molar-refractivity contribution in [3.8, 4) is 0 Å². The maximum atomic E-state index is 11.4. The lowest BCUT2D eigenvalue weighted by Crippen LogP contribution is -2.36. The molecule has 0 unspecified atom stereocenters. The standard InChI is InChI=1S/C13H16ClNO3/c14-11-4-2-1-3-10(11)12(7-8-16)15(13(17)18)9-5-6-9/h1-4,9,12,16H,5-8H2,(H,17,18)/t12-/m0/s1. The molecule has 1 amide bonds. The average molecular weight is 270 g/mol. The van der Waals surface area contributed by atoms with Crippen LogP contribution in [-0.4, -0.2) is 33.9 Å². The summed E-state index contributed by atoms with van der Waals surface area (Å²) in [6.45, 7) is -0.0631. The van der Waals surface area contributed by atoms with E-state index in [4.69, 9.17) is 16.7 Å². The van der Waals surface area contributed by atoms with Crippen LogP contribution >= 0.6 is 11.6 Å². The zero-order chi connectivity index (χ0) is 13.1. The summed E-state index contributed by atoms with van der Waals surface area (Å²) in [7, 11) is 0. The molecule has 0 heterocycles. The Morgan fingerprint density at radius 1 is 1.44 bits per heavy atom. The number of rotatable bonds is 5. The van der Waals surface area contributed by atoms with Crippen LogP contribution in [-0.2, 0) is 0 Å². The molecule has 1 aromatic rings. The van der Waals surface area contributed by atoms with E-state index < -0.39 is 6.09 Å². The molecular weight excluding hydrogens is 254 g/mol. The Morgan fingerprint density at radius 2 is 2.11 bits per heavy atom. The Hall–Kier alpha value is -1.26. The predicted octanol–water partition coefficient (Wildman–Crippen LogP) is 2.91. The van der Waals surface area contributed by atoms with Crippen molar-refractivity contribution in [1.29, 1.82) is 0 Å². The molecule has 1 aliphatic rings. The van der Waals surface area contributed by atoms with Crippen molar-refractivity contribution in [1.82, 2.24) is 4.90 Å². The Bertz CT molecular complexity index is 434. The maximum Gasteiger partial charge on any atom is 0.408 e. The van der Waals surface area contributed by atoms with Gasteiger partial charge in [0.15, 0.2) is 0 Å². The van der Waals surface area contributed by atoms with Gasteiger partial charge in [-0.1, -0.05) is 29.8 Å². The first kappa shape index (κ1) is 13.2. The van der Waals surface area contributed by atoms with E-state index in [9.17, 15) is 9.90 Å². The molecule has 0 spiro atoms. The van der Waals surface area contributed by atoms with Gasteiger partial charge >= 0.3 is 6.09 Å². The van der Waals surface area contributed by atoms with Crippen molar-refractivity contribution >= 4 is 17.7 Å². The van der Waals surface area contributed by atoms with Gasteiger partial charge in [0.05, 0.1) is 6.04 Å². The van der Waals surface area contributed by atoms with Crippen LogP contribution in [0.25, 0.3) is 0 Å². The minimum atomic E-state index is -0.948. The molecule has 0 saturated heterocycles. The van der Waals surface area contributed by atoms with Gasteiger partial charge in [0.1, 0.15) is 0 Å². The predicted molar refractivity (Wildman–Crippen MR) is 68.8 cm³/mol. The molecule has 1 fully saturated rings. The van der Waals surface area contributed by atoms with E-state index in [1.54, 1.807) is 6.07 Å². The molecule has 5 heteroatoms. The van der Waals surface area contributed by atoms with E-state index in [-0.39, 0.29) is 18.7 Å². The molecule has 2 N–H and O–H groups in total. The summed E-state index contributed by atoms with van der Waals surface area (Å²) in [4.78, 5) is 12.8. The Kier molecular flexibility index (Phi) is 4.09. The Balaban J connectivity index is 2.32. The van der Waals surface area contributed by atoms with E-state index >= 15 is 0 Å². The van der Waals surface area contributed by atoms with Crippen molar-refractivity contribution in [2.24, 2.45) is 0 Å². The zero-order valence-electron chi connectivity index (χ0n) is 9.92. The number of carboxylic acid groups (broad SMARTS) is 1. The van der Waals surface area contributed by atoms with Gasteiger partial charge in [-0.25, -0.2) is 4.79 Å². The van der Waals surface area contributed by atoms with E-state index in [0.29, 0.717) is 11.4 Å². The molecule has 18 heavy (non-hydrogen) atoms. The normalized spacial score (nSPS) is 16.3. The fourth-order valence-electron chi connectivity index (χ4n) is 2.21. The SMILES string of the molecule is O=C(O)N(C1CC1)[C@@H](CCO)c1ccccc1Cl. The summed E-state index contributed by atoms with van der Waals surface area (Å²) >= 11 is 6.13. The first-order chi connectivity index (χ1) is 8.65. The topological polar surface area (TPSA) is 60.8 Å². The summed E-state index contributed by atoms with van der Waals surface area (Å²) in [6, 6.07) is 6.90. The molecule has 0 aromatic heterocycles. The Morgan fingerprint density at radius 3 is 2.61 bits per heavy atom. The third-order valence-electron chi connectivity index (χ3n) is 3.16. The molecule has 0 aliphatic heterocycles. The van der Waals surface area contributed by atoms with Crippen molar-refractivity contribution in [2.75, 3.05) is 6.61 Å². The number of hydrogen-bond acceptors (Lipinski definition) is 2. The second kappa shape index (κ2) is 5.59. The summed E-state index contributed by atoms with van der Waals surface area (Å²) in [5.74, 6) is 0. The van der Waals surface area contributed by atoms with Gasteiger partial charge in [0.25, 0.3) is 0 Å². The average Bonchev–Trinajstić information content (AvgIpc) is 3.13. The highest BCUT2D eigenvalue weighted by molar-refractivity contribution is 6.31. The van der Waals surface area contributed by atoms with E-state index in [1.165, 1.54) is 4.90 Å². The number of hydrogen-bond donors (Lipinski definition) is 2. The molecule has 1 aliphatic carbocycles. The van der Waals surface area contributed by atoms with Crippen LogP contribution in [0.5, 0.6) is 0 Å². The van der Waals surface area contributed by atoms with Crippen LogP contribution in [0.1, 0.15) is 30.9 Å². The first-order valence-corrected chi connectivity index (χ1v) is 6.39. The lowest BCUT2D eigenvalue weighted by molar-refractivity contribution is 0.109. The molecule has 0 bridgehead atoms. The van der Waals surface area contributed by atoms with Crippen LogP contribution in [0, 0.1) is 0 Å². The summed E-state index contributed by atoms with van der Waals surface area (Å²) in [6.07, 6.45) is 1.19. The van der Waals surface area contributed by atoms with Gasteiger partial charge in [0.2, 0.25) is 0 Å². The number of aliphatic hydroxyl groups is 1. The minimum Gasteiger partial charge on any atom is -0.465 e. The fraction of sp³-hybridized carbons (Fsp3) is 0.462. The van der Waals surface area contributed by atoms with Gasteiger partial charge in [-0.2, -0.15) is 0 Å². The highest BCUT2D eigenvalue weighted by Crippen LogP contribution is 2.38. The number of nitrogens with zero attached hydrogens (tertiary/aromatic N) is 1. The molecule has 98 valence electrons. The molecule has 4 nitrogen and oxygen atoms in total. The third-order valence-corrected chi connectivity index (χ3v) is 3.51. The van der Waals surface area contributed by atoms with Crippen molar-refractivity contribution < 1.29 is 15.0 Å². The highest BCUT2D eigenvalue weighted by atomic mass is 35.5. The largest absolute Gasteiger partial charge is 0.465 e. The lowest BCUT2D eigenvalue weighted by atomic mass is 10.0. The van der Waals surface area contributed by atoms with E-state index in [0.717, 1.165) is 18.4 Å². The van der Waals surface area contributed by atoms with Crippen LogP contribution in [0.2, 0.25) is 5.02 Å². The number of carbonyl (C=O) groups is 1. The third kappa shape index (κ3) is 2.76. The molecular formula is C13H16ClNO3. The van der Waals surface area contributed by atoms with Gasteiger partial charge in [-0.3, -0.25) is 4.90 Å². The fourth-order valence-corrected chi connectivity index (χ4v) is 2.47. The molecule has 1 atom stereocenters. The van der Waals surface area contributed by atoms with Crippen LogP contribution in [0.3, 0.4) is 0 Å². The van der Waals surface area contributed by atoms with Gasteiger partial charge < -0.3 is 10.2 Å². The van der Waals surface area contributed by atoms with Crippen LogP contribution < -0.4 is 0 Å². The maximum absolute atomic E-state index is 11.4. The number of halogens is 1. The lowest BCUT2D eigenvalue weighted by Gasteiger charge is -2.30. The highest BCUT2D eigenvalue weighted by Gasteiger charge is 2.38. The Labute approximate surface area is 111 Å². The van der Waals surface area contributed by atoms with Crippen molar-refractivity contribution in [3.05, 3.63) is 34.9 Å². The first-order valence-electron chi connectivity index (χ1n) is 6.01. The summed E-state index contributed by atoms with van der Waals surface area (Å²) in [5, 5.41) is 19.0.